The fourth-order valence-corrected chi connectivity index (χ4v) is 3.73. The van der Waals surface area contributed by atoms with E-state index in [0.717, 1.165) is 43.0 Å². The number of piperidine rings is 1. The Kier molecular flexibility index (Phi) is 4.70. The molecule has 1 amide bonds. The van der Waals surface area contributed by atoms with E-state index in [4.69, 9.17) is 8.94 Å². The fourth-order valence-electron chi connectivity index (χ4n) is 3.73. The van der Waals surface area contributed by atoms with Gasteiger partial charge in [-0.2, -0.15) is 0 Å². The number of amides is 1. The number of fused-ring (bicyclic) bond motifs is 1. The molecule has 0 bridgehead atoms. The summed E-state index contributed by atoms with van der Waals surface area (Å²) in [5.74, 6) is 1.89. The molecule has 1 unspecified atom stereocenters. The van der Waals surface area contributed by atoms with Crippen molar-refractivity contribution in [3.63, 3.8) is 0 Å². The van der Waals surface area contributed by atoms with Crippen LogP contribution < -0.4 is 10.6 Å². The molecule has 0 saturated carbocycles. The molecule has 1 saturated heterocycles. The Hall–Kier alpha value is -2.67. The van der Waals surface area contributed by atoms with Crippen LogP contribution >= 0.6 is 0 Å². The second-order valence-corrected chi connectivity index (χ2v) is 7.25. The van der Waals surface area contributed by atoms with Crippen molar-refractivity contribution in [3.8, 4) is 11.3 Å². The Morgan fingerprint density at radius 3 is 2.89 bits per heavy atom. The molecule has 1 atom stereocenters. The molecule has 4 heterocycles. The normalized spacial score (nSPS) is 17.4. The highest BCUT2D eigenvalue weighted by Crippen LogP contribution is 2.30. The summed E-state index contributed by atoms with van der Waals surface area (Å²) in [6.45, 7) is 8.25. The molecule has 0 aliphatic carbocycles. The lowest BCUT2D eigenvalue weighted by atomic mass is 9.99. The van der Waals surface area contributed by atoms with Gasteiger partial charge in [-0.25, -0.2) is 4.98 Å². The molecule has 0 radical (unpaired) electrons. The first-order valence-corrected chi connectivity index (χ1v) is 9.36. The van der Waals surface area contributed by atoms with Gasteiger partial charge in [-0.15, -0.1) is 0 Å². The zero-order chi connectivity index (χ0) is 19.0. The van der Waals surface area contributed by atoms with E-state index < -0.39 is 0 Å². The highest BCUT2D eigenvalue weighted by molar-refractivity contribution is 6.07. The monoisotopic (exact) mass is 368 g/mol. The first-order valence-electron chi connectivity index (χ1n) is 9.36. The minimum Gasteiger partial charge on any atom is -0.466 e. The molecule has 3 aromatic heterocycles. The van der Waals surface area contributed by atoms with Crippen molar-refractivity contribution >= 4 is 17.0 Å². The predicted molar refractivity (Wildman–Crippen MR) is 102 cm³/mol. The zero-order valence-corrected chi connectivity index (χ0v) is 15.9. The third-order valence-electron chi connectivity index (χ3n) is 5.13. The Morgan fingerprint density at radius 1 is 1.33 bits per heavy atom. The average molecular weight is 368 g/mol. The van der Waals surface area contributed by atoms with Gasteiger partial charge in [0.1, 0.15) is 11.5 Å². The number of pyridine rings is 1. The molecule has 3 aromatic rings. The van der Waals surface area contributed by atoms with Crippen molar-refractivity contribution in [2.75, 3.05) is 19.6 Å². The van der Waals surface area contributed by atoms with Crippen LogP contribution in [-0.4, -0.2) is 35.7 Å². The maximum atomic E-state index is 13.0. The summed E-state index contributed by atoms with van der Waals surface area (Å²) in [5, 5.41) is 11.1. The SMILES string of the molecule is Cc1cc(-c2cc(C(=O)NCC3CCCNC3)c3c(C)noc3n2)c(C)o1. The molecule has 7 nitrogen and oxygen atoms in total. The number of rotatable bonds is 4. The minimum absolute atomic E-state index is 0.126. The third-order valence-corrected chi connectivity index (χ3v) is 5.13. The number of carbonyl (C=O) groups is 1. The molecule has 7 heteroatoms. The topological polar surface area (TPSA) is 93.2 Å². The second kappa shape index (κ2) is 7.15. The molecule has 1 aliphatic rings. The van der Waals surface area contributed by atoms with E-state index in [2.05, 4.69) is 20.8 Å². The molecule has 0 aromatic carbocycles. The molecule has 1 fully saturated rings. The standard InChI is InChI=1S/C20H24N4O3/c1-11-7-15(13(3)26-11)17-8-16(18-12(2)24-27-20(18)23-17)19(25)22-10-14-5-4-6-21-9-14/h7-8,14,21H,4-6,9-10H2,1-3H3,(H,22,25). The lowest BCUT2D eigenvalue weighted by Crippen LogP contribution is -2.38. The highest BCUT2D eigenvalue weighted by atomic mass is 16.5. The maximum absolute atomic E-state index is 13.0. The fraction of sp³-hybridized carbons (Fsp3) is 0.450. The summed E-state index contributed by atoms with van der Waals surface area (Å²) in [5.41, 5.74) is 3.07. The van der Waals surface area contributed by atoms with E-state index in [9.17, 15) is 4.79 Å². The molecule has 4 rings (SSSR count). The van der Waals surface area contributed by atoms with Gasteiger partial charge in [0.2, 0.25) is 0 Å². The van der Waals surface area contributed by atoms with Crippen LogP contribution in [0.1, 0.15) is 40.4 Å². The van der Waals surface area contributed by atoms with Crippen molar-refractivity contribution in [2.45, 2.75) is 33.6 Å². The van der Waals surface area contributed by atoms with Gasteiger partial charge in [-0.3, -0.25) is 4.79 Å². The number of nitrogens with zero attached hydrogens (tertiary/aromatic N) is 2. The smallest absolute Gasteiger partial charge is 0.259 e. The lowest BCUT2D eigenvalue weighted by molar-refractivity contribution is 0.0946. The summed E-state index contributed by atoms with van der Waals surface area (Å²) in [7, 11) is 0. The lowest BCUT2D eigenvalue weighted by Gasteiger charge is -2.22. The van der Waals surface area contributed by atoms with E-state index in [1.807, 2.05) is 26.8 Å². The summed E-state index contributed by atoms with van der Waals surface area (Å²) in [6.07, 6.45) is 2.28. The molecule has 27 heavy (non-hydrogen) atoms. The van der Waals surface area contributed by atoms with Crippen LogP contribution in [0.25, 0.3) is 22.4 Å². The largest absolute Gasteiger partial charge is 0.466 e. The van der Waals surface area contributed by atoms with Crippen LogP contribution in [0.4, 0.5) is 0 Å². The molecule has 1 aliphatic heterocycles. The van der Waals surface area contributed by atoms with Gasteiger partial charge >= 0.3 is 0 Å². The van der Waals surface area contributed by atoms with Crippen LogP contribution in [0, 0.1) is 26.7 Å². The Balaban J connectivity index is 1.68. The van der Waals surface area contributed by atoms with Gasteiger partial charge in [0.25, 0.3) is 11.6 Å². The molecular weight excluding hydrogens is 344 g/mol. The number of aromatic nitrogens is 2. The summed E-state index contributed by atoms with van der Waals surface area (Å²) in [6, 6.07) is 3.72. The summed E-state index contributed by atoms with van der Waals surface area (Å²) >= 11 is 0. The average Bonchev–Trinajstić information content (AvgIpc) is 3.21. The van der Waals surface area contributed by atoms with Gasteiger partial charge in [0.05, 0.1) is 22.3 Å². The van der Waals surface area contributed by atoms with E-state index in [1.165, 1.54) is 0 Å². The van der Waals surface area contributed by atoms with Gasteiger partial charge in [0, 0.05) is 12.1 Å². The van der Waals surface area contributed by atoms with E-state index in [0.29, 0.717) is 40.5 Å². The van der Waals surface area contributed by atoms with Crippen LogP contribution in [0.2, 0.25) is 0 Å². The van der Waals surface area contributed by atoms with E-state index in [-0.39, 0.29) is 5.91 Å². The van der Waals surface area contributed by atoms with Crippen LogP contribution in [0.3, 0.4) is 0 Å². The van der Waals surface area contributed by atoms with Crippen molar-refractivity contribution in [1.29, 1.82) is 0 Å². The van der Waals surface area contributed by atoms with E-state index in [1.54, 1.807) is 6.07 Å². The van der Waals surface area contributed by atoms with Crippen molar-refractivity contribution in [3.05, 3.63) is 34.9 Å². The number of nitrogens with one attached hydrogen (secondary N) is 2. The number of hydrogen-bond donors (Lipinski definition) is 2. The van der Waals surface area contributed by atoms with Crippen LogP contribution in [0.5, 0.6) is 0 Å². The molecule has 2 N–H and O–H groups in total. The van der Waals surface area contributed by atoms with Gasteiger partial charge in [0.15, 0.2) is 0 Å². The van der Waals surface area contributed by atoms with Crippen LogP contribution in [0.15, 0.2) is 21.1 Å². The number of carbonyl (C=O) groups excluding carboxylic acids is 1. The quantitative estimate of drug-likeness (QED) is 0.735. The van der Waals surface area contributed by atoms with E-state index >= 15 is 0 Å². The zero-order valence-electron chi connectivity index (χ0n) is 15.9. The first-order chi connectivity index (χ1) is 13.0. The third kappa shape index (κ3) is 3.47. The summed E-state index contributed by atoms with van der Waals surface area (Å²) < 4.78 is 11.0. The van der Waals surface area contributed by atoms with Gasteiger partial charge in [-0.05, 0) is 64.8 Å². The maximum Gasteiger partial charge on any atom is 0.259 e. The molecule has 142 valence electrons. The van der Waals surface area contributed by atoms with Crippen molar-refractivity contribution in [2.24, 2.45) is 5.92 Å². The second-order valence-electron chi connectivity index (χ2n) is 7.25. The number of aryl methyl sites for hydroxylation is 3. The van der Waals surface area contributed by atoms with Gasteiger partial charge in [-0.1, -0.05) is 5.16 Å². The van der Waals surface area contributed by atoms with Crippen molar-refractivity contribution < 1.29 is 13.7 Å². The first kappa shape index (κ1) is 17.7. The molecular formula is C20H24N4O3. The number of furan rings is 1. The van der Waals surface area contributed by atoms with Crippen molar-refractivity contribution in [1.82, 2.24) is 20.8 Å². The highest BCUT2D eigenvalue weighted by Gasteiger charge is 2.22. The Labute approximate surface area is 157 Å². The number of hydrogen-bond acceptors (Lipinski definition) is 6. The Morgan fingerprint density at radius 2 is 2.19 bits per heavy atom. The minimum atomic E-state index is -0.126. The molecule has 0 spiro atoms. The Bertz CT molecular complexity index is 983. The van der Waals surface area contributed by atoms with Crippen LogP contribution in [-0.2, 0) is 0 Å². The predicted octanol–water partition coefficient (Wildman–Crippen LogP) is 3.14. The van der Waals surface area contributed by atoms with Gasteiger partial charge < -0.3 is 19.6 Å². The summed E-state index contributed by atoms with van der Waals surface area (Å²) in [4.78, 5) is 17.5.